The van der Waals surface area contributed by atoms with Gasteiger partial charge in [0, 0.05) is 6.42 Å². The predicted molar refractivity (Wildman–Crippen MR) is 75.6 cm³/mol. The molecule has 1 atom stereocenters. The van der Waals surface area contributed by atoms with Gasteiger partial charge in [-0.25, -0.2) is 4.39 Å². The average Bonchev–Trinajstić information content (AvgIpc) is 2.40. The third-order valence-electron chi connectivity index (χ3n) is 3.33. The first-order valence-electron chi connectivity index (χ1n) is 6.58. The molecule has 0 amide bonds. The zero-order chi connectivity index (χ0) is 13.8. The van der Waals surface area contributed by atoms with Crippen LogP contribution < -0.4 is 0 Å². The van der Waals surface area contributed by atoms with Crippen molar-refractivity contribution in [1.29, 1.82) is 0 Å². The second-order valence-corrected chi connectivity index (χ2v) is 5.17. The highest BCUT2D eigenvalue weighted by molar-refractivity contribution is 5.27. The molecule has 0 aliphatic rings. The lowest BCUT2D eigenvalue weighted by Gasteiger charge is -2.12. The van der Waals surface area contributed by atoms with Crippen LogP contribution in [0.2, 0.25) is 0 Å². The molecule has 19 heavy (non-hydrogen) atoms. The van der Waals surface area contributed by atoms with E-state index >= 15 is 0 Å². The molecule has 0 aliphatic carbocycles. The molecule has 1 unspecified atom stereocenters. The van der Waals surface area contributed by atoms with E-state index in [1.165, 1.54) is 17.7 Å². The summed E-state index contributed by atoms with van der Waals surface area (Å²) < 4.78 is 12.8. The van der Waals surface area contributed by atoms with Crippen molar-refractivity contribution in [3.8, 4) is 0 Å². The normalized spacial score (nSPS) is 12.7. The van der Waals surface area contributed by atoms with Gasteiger partial charge in [-0.2, -0.15) is 0 Å². The van der Waals surface area contributed by atoms with Gasteiger partial charge in [-0.1, -0.05) is 50.2 Å². The quantitative estimate of drug-likeness (QED) is 0.870. The Morgan fingerprint density at radius 3 is 1.95 bits per heavy atom. The van der Waals surface area contributed by atoms with Gasteiger partial charge in [0.1, 0.15) is 5.82 Å². The van der Waals surface area contributed by atoms with Crippen molar-refractivity contribution in [3.05, 3.63) is 71.0 Å². The van der Waals surface area contributed by atoms with Gasteiger partial charge in [-0.3, -0.25) is 0 Å². The number of aliphatic hydroxyl groups excluding tert-OH is 1. The Morgan fingerprint density at radius 2 is 1.42 bits per heavy atom. The van der Waals surface area contributed by atoms with Gasteiger partial charge in [0.25, 0.3) is 0 Å². The minimum absolute atomic E-state index is 0.280. The van der Waals surface area contributed by atoms with E-state index in [0.717, 1.165) is 11.1 Å². The van der Waals surface area contributed by atoms with Crippen molar-refractivity contribution in [2.75, 3.05) is 0 Å². The Hall–Kier alpha value is -1.67. The Labute approximate surface area is 113 Å². The van der Waals surface area contributed by atoms with Crippen LogP contribution in [0.3, 0.4) is 0 Å². The van der Waals surface area contributed by atoms with E-state index in [9.17, 15) is 9.50 Å². The van der Waals surface area contributed by atoms with Gasteiger partial charge < -0.3 is 5.11 Å². The lowest BCUT2D eigenvalue weighted by Crippen LogP contribution is -2.02. The summed E-state index contributed by atoms with van der Waals surface area (Å²) in [7, 11) is 0. The van der Waals surface area contributed by atoms with Crippen molar-refractivity contribution < 1.29 is 9.50 Å². The maximum absolute atomic E-state index is 12.8. The van der Waals surface area contributed by atoms with Gasteiger partial charge in [0.15, 0.2) is 0 Å². The van der Waals surface area contributed by atoms with E-state index in [1.807, 2.05) is 12.1 Å². The molecule has 0 aliphatic heterocycles. The highest BCUT2D eigenvalue weighted by atomic mass is 19.1. The largest absolute Gasteiger partial charge is 0.388 e. The molecule has 100 valence electrons. The molecular weight excluding hydrogens is 239 g/mol. The number of rotatable bonds is 4. The van der Waals surface area contributed by atoms with Gasteiger partial charge in [0.2, 0.25) is 0 Å². The Balaban J connectivity index is 2.06. The molecule has 0 aromatic heterocycles. The second-order valence-electron chi connectivity index (χ2n) is 5.17. The molecule has 2 aromatic carbocycles. The van der Waals surface area contributed by atoms with Crippen LogP contribution in [-0.2, 0) is 6.42 Å². The summed E-state index contributed by atoms with van der Waals surface area (Å²) in [6.07, 6.45) is -0.0465. The number of aliphatic hydroxyl groups is 1. The first-order valence-corrected chi connectivity index (χ1v) is 6.58. The summed E-state index contributed by atoms with van der Waals surface area (Å²) in [5, 5.41) is 10.1. The monoisotopic (exact) mass is 258 g/mol. The molecule has 0 bridgehead atoms. The zero-order valence-electron chi connectivity index (χ0n) is 11.3. The van der Waals surface area contributed by atoms with Crippen LogP contribution in [0.4, 0.5) is 4.39 Å². The number of hydrogen-bond donors (Lipinski definition) is 1. The Morgan fingerprint density at radius 1 is 0.895 bits per heavy atom. The lowest BCUT2D eigenvalue weighted by molar-refractivity contribution is 0.178. The summed E-state index contributed by atoms with van der Waals surface area (Å²) in [4.78, 5) is 0. The summed E-state index contributed by atoms with van der Waals surface area (Å²) in [5.74, 6) is 0.230. The van der Waals surface area contributed by atoms with E-state index in [2.05, 4.69) is 26.0 Å². The van der Waals surface area contributed by atoms with Gasteiger partial charge >= 0.3 is 0 Å². The lowest BCUT2D eigenvalue weighted by atomic mass is 9.97. The van der Waals surface area contributed by atoms with Crippen LogP contribution in [0.25, 0.3) is 0 Å². The van der Waals surface area contributed by atoms with Gasteiger partial charge in [-0.15, -0.1) is 0 Å². The van der Waals surface area contributed by atoms with E-state index < -0.39 is 6.10 Å². The highest BCUT2D eigenvalue weighted by Crippen LogP contribution is 2.20. The van der Waals surface area contributed by atoms with Crippen molar-refractivity contribution in [3.63, 3.8) is 0 Å². The third kappa shape index (κ3) is 3.65. The predicted octanol–water partition coefficient (Wildman–Crippen LogP) is 4.23. The van der Waals surface area contributed by atoms with Crippen molar-refractivity contribution in [2.24, 2.45) is 0 Å². The summed E-state index contributed by atoms with van der Waals surface area (Å²) in [6.45, 7) is 4.31. The summed E-state index contributed by atoms with van der Waals surface area (Å²) >= 11 is 0. The second kappa shape index (κ2) is 5.98. The van der Waals surface area contributed by atoms with Crippen molar-refractivity contribution >= 4 is 0 Å². The minimum Gasteiger partial charge on any atom is -0.388 e. The maximum Gasteiger partial charge on any atom is 0.123 e. The highest BCUT2D eigenvalue weighted by Gasteiger charge is 2.09. The van der Waals surface area contributed by atoms with Crippen molar-refractivity contribution in [2.45, 2.75) is 32.3 Å². The number of hydrogen-bond acceptors (Lipinski definition) is 1. The Kier molecular flexibility index (Phi) is 4.33. The fourth-order valence-corrected chi connectivity index (χ4v) is 2.06. The molecule has 0 heterocycles. The topological polar surface area (TPSA) is 20.2 Å². The van der Waals surface area contributed by atoms with E-state index in [4.69, 9.17) is 0 Å². The fourth-order valence-electron chi connectivity index (χ4n) is 2.06. The van der Waals surface area contributed by atoms with Gasteiger partial charge in [0.05, 0.1) is 6.10 Å². The maximum atomic E-state index is 12.8. The molecule has 0 fully saturated rings. The summed E-state index contributed by atoms with van der Waals surface area (Å²) in [6, 6.07) is 14.3. The summed E-state index contributed by atoms with van der Waals surface area (Å²) in [5.41, 5.74) is 3.12. The molecule has 2 heteroatoms. The zero-order valence-corrected chi connectivity index (χ0v) is 11.3. The molecular formula is C17H19FO. The average molecular weight is 258 g/mol. The smallest absolute Gasteiger partial charge is 0.123 e. The molecule has 2 rings (SSSR count). The molecule has 1 nitrogen and oxygen atoms in total. The first-order chi connectivity index (χ1) is 9.06. The fraction of sp³-hybridized carbons (Fsp3) is 0.294. The van der Waals surface area contributed by atoms with Gasteiger partial charge in [-0.05, 0) is 34.7 Å². The van der Waals surface area contributed by atoms with Crippen LogP contribution in [0.15, 0.2) is 48.5 Å². The van der Waals surface area contributed by atoms with E-state index in [0.29, 0.717) is 12.3 Å². The molecule has 1 N–H and O–H groups in total. The molecule has 0 radical (unpaired) electrons. The molecule has 0 spiro atoms. The Bertz CT molecular complexity index is 514. The van der Waals surface area contributed by atoms with E-state index in [-0.39, 0.29) is 5.82 Å². The number of halogens is 1. The van der Waals surface area contributed by atoms with Crippen LogP contribution in [0.5, 0.6) is 0 Å². The third-order valence-corrected chi connectivity index (χ3v) is 3.33. The number of benzene rings is 2. The first kappa shape index (κ1) is 13.8. The van der Waals surface area contributed by atoms with Crippen molar-refractivity contribution in [1.82, 2.24) is 0 Å². The van der Waals surface area contributed by atoms with Crippen LogP contribution >= 0.6 is 0 Å². The van der Waals surface area contributed by atoms with E-state index in [1.54, 1.807) is 12.1 Å². The van der Waals surface area contributed by atoms with Crippen LogP contribution in [0, 0.1) is 5.82 Å². The minimum atomic E-state index is -0.592. The SMILES string of the molecule is CC(C)c1ccc(CC(O)c2ccc(F)cc2)cc1. The molecule has 2 aromatic rings. The van der Waals surface area contributed by atoms with Crippen LogP contribution in [-0.4, -0.2) is 5.11 Å². The van der Waals surface area contributed by atoms with Crippen LogP contribution in [0.1, 0.15) is 42.6 Å². The molecule has 0 saturated carbocycles. The standard InChI is InChI=1S/C17H19FO/c1-12(2)14-5-3-13(4-6-14)11-17(19)15-7-9-16(18)10-8-15/h3-10,12,17,19H,11H2,1-2H3. The molecule has 0 saturated heterocycles.